The number of ketones is 1. The highest BCUT2D eigenvalue weighted by molar-refractivity contribution is 5.86. The zero-order valence-electron chi connectivity index (χ0n) is 8.12. The predicted octanol–water partition coefficient (Wildman–Crippen LogP) is 0.794. The van der Waals surface area contributed by atoms with Crippen LogP contribution < -0.4 is 5.73 Å². The van der Waals surface area contributed by atoms with Gasteiger partial charge in [-0.2, -0.15) is 0 Å². The van der Waals surface area contributed by atoms with Crippen molar-refractivity contribution in [3.63, 3.8) is 0 Å². The number of hydrogen-bond acceptors (Lipinski definition) is 3. The summed E-state index contributed by atoms with van der Waals surface area (Å²) in [5.74, 6) is -1.01. The van der Waals surface area contributed by atoms with Crippen molar-refractivity contribution >= 4 is 11.8 Å². The van der Waals surface area contributed by atoms with Gasteiger partial charge in [-0.3, -0.25) is 9.59 Å². The molecule has 0 aromatic heterocycles. The summed E-state index contributed by atoms with van der Waals surface area (Å²) < 4.78 is 0. The molecule has 0 aromatic rings. The van der Waals surface area contributed by atoms with Gasteiger partial charge in [-0.05, 0) is 12.8 Å². The van der Waals surface area contributed by atoms with Crippen LogP contribution in [0, 0.1) is 5.92 Å². The molecular formula is C9H17NO3. The molecular weight excluding hydrogens is 170 g/mol. The highest BCUT2D eigenvalue weighted by atomic mass is 16.4. The summed E-state index contributed by atoms with van der Waals surface area (Å²) in [4.78, 5) is 21.6. The van der Waals surface area contributed by atoms with Gasteiger partial charge in [0.15, 0.2) is 5.78 Å². The van der Waals surface area contributed by atoms with Gasteiger partial charge in [0.25, 0.3) is 0 Å². The zero-order valence-corrected chi connectivity index (χ0v) is 8.12. The SMILES string of the molecule is CCC(C)C(=O)C(N)CCC(=O)O. The Balaban J connectivity index is 3.89. The van der Waals surface area contributed by atoms with Crippen LogP contribution in [0.2, 0.25) is 0 Å². The van der Waals surface area contributed by atoms with E-state index in [1.54, 1.807) is 0 Å². The highest BCUT2D eigenvalue weighted by Gasteiger charge is 2.19. The minimum absolute atomic E-state index is 0.0382. The van der Waals surface area contributed by atoms with Gasteiger partial charge in [0, 0.05) is 12.3 Å². The number of carbonyl (C=O) groups excluding carboxylic acids is 1. The van der Waals surface area contributed by atoms with Crippen molar-refractivity contribution in [2.75, 3.05) is 0 Å². The Labute approximate surface area is 78.1 Å². The van der Waals surface area contributed by atoms with Crippen molar-refractivity contribution in [3.8, 4) is 0 Å². The number of Topliss-reactive ketones (excluding diaryl/α,β-unsaturated/α-hetero) is 1. The van der Waals surface area contributed by atoms with Crippen LogP contribution in [0.5, 0.6) is 0 Å². The molecule has 2 unspecified atom stereocenters. The van der Waals surface area contributed by atoms with E-state index in [4.69, 9.17) is 10.8 Å². The van der Waals surface area contributed by atoms with E-state index in [0.717, 1.165) is 6.42 Å². The number of carbonyl (C=O) groups is 2. The number of aliphatic carboxylic acids is 1. The third-order valence-electron chi connectivity index (χ3n) is 2.13. The fraction of sp³-hybridized carbons (Fsp3) is 0.778. The Kier molecular flexibility index (Phi) is 5.30. The van der Waals surface area contributed by atoms with E-state index in [0.29, 0.717) is 0 Å². The Bertz CT molecular complexity index is 191. The minimum Gasteiger partial charge on any atom is -0.481 e. The summed E-state index contributed by atoms with van der Waals surface area (Å²) in [7, 11) is 0. The van der Waals surface area contributed by atoms with Crippen LogP contribution in [0.1, 0.15) is 33.1 Å². The van der Waals surface area contributed by atoms with Crippen LogP contribution in [0.3, 0.4) is 0 Å². The molecule has 0 saturated carbocycles. The fourth-order valence-electron chi connectivity index (χ4n) is 0.988. The number of nitrogens with two attached hydrogens (primary N) is 1. The molecule has 76 valence electrons. The van der Waals surface area contributed by atoms with Crippen molar-refractivity contribution in [1.82, 2.24) is 0 Å². The molecule has 0 aliphatic carbocycles. The largest absolute Gasteiger partial charge is 0.481 e. The molecule has 2 atom stereocenters. The number of hydrogen-bond donors (Lipinski definition) is 2. The Hall–Kier alpha value is -0.900. The molecule has 0 aliphatic rings. The summed E-state index contributed by atoms with van der Waals surface area (Å²) >= 11 is 0. The van der Waals surface area contributed by atoms with Gasteiger partial charge >= 0.3 is 5.97 Å². The smallest absolute Gasteiger partial charge is 0.303 e. The third-order valence-corrected chi connectivity index (χ3v) is 2.13. The van der Waals surface area contributed by atoms with Crippen molar-refractivity contribution in [3.05, 3.63) is 0 Å². The standard InChI is InChI=1S/C9H17NO3/c1-3-6(2)9(13)7(10)4-5-8(11)12/h6-7H,3-5,10H2,1-2H3,(H,11,12). The van der Waals surface area contributed by atoms with Crippen molar-refractivity contribution in [2.24, 2.45) is 11.7 Å². The molecule has 0 spiro atoms. The van der Waals surface area contributed by atoms with E-state index in [1.165, 1.54) is 0 Å². The first-order valence-corrected chi connectivity index (χ1v) is 4.50. The van der Waals surface area contributed by atoms with Crippen LogP contribution >= 0.6 is 0 Å². The molecule has 0 bridgehead atoms. The molecule has 0 fully saturated rings. The van der Waals surface area contributed by atoms with Crippen molar-refractivity contribution in [2.45, 2.75) is 39.2 Å². The minimum atomic E-state index is -0.910. The second-order valence-corrected chi connectivity index (χ2v) is 3.25. The van der Waals surface area contributed by atoms with Gasteiger partial charge in [-0.25, -0.2) is 0 Å². The second kappa shape index (κ2) is 5.70. The first-order chi connectivity index (χ1) is 5.99. The normalized spacial score (nSPS) is 15.0. The highest BCUT2D eigenvalue weighted by Crippen LogP contribution is 2.07. The molecule has 4 nitrogen and oxygen atoms in total. The van der Waals surface area contributed by atoms with Crippen LogP contribution in [0.15, 0.2) is 0 Å². The first kappa shape index (κ1) is 12.1. The van der Waals surface area contributed by atoms with E-state index in [1.807, 2.05) is 13.8 Å². The average molecular weight is 187 g/mol. The third kappa shape index (κ3) is 4.62. The van der Waals surface area contributed by atoms with Gasteiger partial charge in [-0.1, -0.05) is 13.8 Å². The molecule has 0 radical (unpaired) electrons. The summed E-state index contributed by atoms with van der Waals surface area (Å²) in [5, 5.41) is 8.37. The molecule has 0 rings (SSSR count). The molecule has 0 aromatic carbocycles. The number of carboxylic acids is 1. The van der Waals surface area contributed by atoms with Gasteiger partial charge in [-0.15, -0.1) is 0 Å². The summed E-state index contributed by atoms with van der Waals surface area (Å²) in [6.07, 6.45) is 0.946. The lowest BCUT2D eigenvalue weighted by Crippen LogP contribution is -2.34. The Morgan fingerprint density at radius 1 is 1.46 bits per heavy atom. The molecule has 4 heteroatoms. The maximum atomic E-state index is 11.4. The molecule has 0 saturated heterocycles. The van der Waals surface area contributed by atoms with Gasteiger partial charge < -0.3 is 10.8 Å². The van der Waals surface area contributed by atoms with Gasteiger partial charge in [0.05, 0.1) is 6.04 Å². The van der Waals surface area contributed by atoms with Crippen molar-refractivity contribution in [1.29, 1.82) is 0 Å². The fourth-order valence-corrected chi connectivity index (χ4v) is 0.988. The lowest BCUT2D eigenvalue weighted by Gasteiger charge is -2.13. The van der Waals surface area contributed by atoms with E-state index in [-0.39, 0.29) is 24.5 Å². The average Bonchev–Trinajstić information content (AvgIpc) is 2.11. The molecule has 0 aliphatic heterocycles. The Morgan fingerprint density at radius 3 is 2.38 bits per heavy atom. The van der Waals surface area contributed by atoms with Crippen LogP contribution in [-0.2, 0) is 9.59 Å². The van der Waals surface area contributed by atoms with Gasteiger partial charge in [0.1, 0.15) is 0 Å². The molecule has 0 heterocycles. The summed E-state index contributed by atoms with van der Waals surface area (Å²) in [6, 6.07) is -0.619. The summed E-state index contributed by atoms with van der Waals surface area (Å²) in [5.41, 5.74) is 5.53. The number of carboxylic acid groups (broad SMARTS) is 1. The van der Waals surface area contributed by atoms with Crippen LogP contribution in [0.4, 0.5) is 0 Å². The molecule has 3 N–H and O–H groups in total. The predicted molar refractivity (Wildman–Crippen MR) is 49.3 cm³/mol. The Morgan fingerprint density at radius 2 is 2.00 bits per heavy atom. The first-order valence-electron chi connectivity index (χ1n) is 4.50. The lowest BCUT2D eigenvalue weighted by molar-refractivity contribution is -0.137. The van der Waals surface area contributed by atoms with E-state index in [2.05, 4.69) is 0 Å². The maximum Gasteiger partial charge on any atom is 0.303 e. The zero-order chi connectivity index (χ0) is 10.4. The maximum absolute atomic E-state index is 11.4. The second-order valence-electron chi connectivity index (χ2n) is 3.25. The molecule has 13 heavy (non-hydrogen) atoms. The van der Waals surface area contributed by atoms with E-state index < -0.39 is 12.0 Å². The van der Waals surface area contributed by atoms with Gasteiger partial charge in [0.2, 0.25) is 0 Å². The molecule has 0 amide bonds. The number of rotatable bonds is 6. The lowest BCUT2D eigenvalue weighted by atomic mass is 9.95. The monoisotopic (exact) mass is 187 g/mol. The summed E-state index contributed by atoms with van der Waals surface area (Å²) in [6.45, 7) is 3.72. The van der Waals surface area contributed by atoms with Crippen LogP contribution in [0.25, 0.3) is 0 Å². The van der Waals surface area contributed by atoms with E-state index in [9.17, 15) is 9.59 Å². The van der Waals surface area contributed by atoms with Crippen molar-refractivity contribution < 1.29 is 14.7 Å². The van der Waals surface area contributed by atoms with Crippen LogP contribution in [-0.4, -0.2) is 22.9 Å². The van der Waals surface area contributed by atoms with E-state index >= 15 is 0 Å². The topological polar surface area (TPSA) is 80.4 Å². The quantitative estimate of drug-likeness (QED) is 0.644.